The Bertz CT molecular complexity index is 185. The van der Waals surface area contributed by atoms with E-state index in [4.69, 9.17) is 0 Å². The lowest BCUT2D eigenvalue weighted by Crippen LogP contribution is -2.39. The number of hydrogen-bond acceptors (Lipinski definition) is 2. The van der Waals surface area contributed by atoms with Gasteiger partial charge in [-0.1, -0.05) is 0 Å². The highest BCUT2D eigenvalue weighted by molar-refractivity contribution is 5.88. The second-order valence-electron chi connectivity index (χ2n) is 2.90. The van der Waals surface area contributed by atoms with Gasteiger partial charge < -0.3 is 10.6 Å². The van der Waals surface area contributed by atoms with E-state index in [1.807, 2.05) is 0 Å². The molecule has 2 aliphatic rings. The minimum atomic E-state index is -1.60. The summed E-state index contributed by atoms with van der Waals surface area (Å²) >= 11 is 0. The number of halogens is 1. The first-order valence-electron chi connectivity index (χ1n) is 3.41. The zero-order valence-electron chi connectivity index (χ0n) is 5.48. The molecule has 0 radical (unpaired) electrons. The molecule has 2 saturated heterocycles. The molecule has 0 unspecified atom stereocenters. The molecule has 0 spiro atoms. The Morgan fingerprint density at radius 1 is 1.60 bits per heavy atom. The highest BCUT2D eigenvalue weighted by atomic mass is 19.1. The van der Waals surface area contributed by atoms with Gasteiger partial charge in [-0.3, -0.25) is 4.79 Å². The third kappa shape index (κ3) is 0.546. The lowest BCUT2D eigenvalue weighted by atomic mass is 9.97. The van der Waals surface area contributed by atoms with E-state index in [9.17, 15) is 9.18 Å². The van der Waals surface area contributed by atoms with Crippen LogP contribution in [0.25, 0.3) is 0 Å². The molecule has 0 bridgehead atoms. The van der Waals surface area contributed by atoms with Crippen molar-refractivity contribution in [3.05, 3.63) is 0 Å². The number of alkyl halides is 1. The van der Waals surface area contributed by atoms with Crippen molar-refractivity contribution >= 4 is 5.91 Å². The SMILES string of the molecule is O=C1NC[C@H]2CNC[C@@]12F. The van der Waals surface area contributed by atoms with Gasteiger partial charge in [-0.15, -0.1) is 0 Å². The third-order valence-electron chi connectivity index (χ3n) is 2.31. The Balaban J connectivity index is 2.30. The van der Waals surface area contributed by atoms with Crippen LogP contribution in [0.5, 0.6) is 0 Å². The molecule has 0 aromatic heterocycles. The van der Waals surface area contributed by atoms with Crippen LogP contribution in [-0.2, 0) is 4.79 Å². The van der Waals surface area contributed by atoms with Gasteiger partial charge in [-0.25, -0.2) is 4.39 Å². The van der Waals surface area contributed by atoms with Gasteiger partial charge in [-0.2, -0.15) is 0 Å². The van der Waals surface area contributed by atoms with E-state index >= 15 is 0 Å². The van der Waals surface area contributed by atoms with Crippen LogP contribution in [-0.4, -0.2) is 31.2 Å². The quantitative estimate of drug-likeness (QED) is 0.460. The number of carbonyl (C=O) groups excluding carboxylic acids is 1. The predicted octanol–water partition coefficient (Wildman–Crippen LogP) is -0.956. The monoisotopic (exact) mass is 144 g/mol. The van der Waals surface area contributed by atoms with Crippen molar-refractivity contribution in [3.63, 3.8) is 0 Å². The van der Waals surface area contributed by atoms with Crippen LogP contribution >= 0.6 is 0 Å². The molecule has 2 heterocycles. The molecule has 2 aliphatic heterocycles. The Kier molecular flexibility index (Phi) is 1.03. The predicted molar refractivity (Wildman–Crippen MR) is 33.2 cm³/mol. The Hall–Kier alpha value is -0.640. The van der Waals surface area contributed by atoms with Crippen LogP contribution in [0.1, 0.15) is 0 Å². The van der Waals surface area contributed by atoms with E-state index in [1.165, 1.54) is 0 Å². The van der Waals surface area contributed by atoms with E-state index in [0.717, 1.165) is 0 Å². The number of carbonyl (C=O) groups is 1. The Morgan fingerprint density at radius 3 is 3.10 bits per heavy atom. The third-order valence-corrected chi connectivity index (χ3v) is 2.31. The first kappa shape index (κ1) is 6.09. The molecule has 0 aromatic rings. The summed E-state index contributed by atoms with van der Waals surface area (Å²) in [5.74, 6) is -0.581. The summed E-state index contributed by atoms with van der Waals surface area (Å²) in [6.07, 6.45) is 0. The summed E-state index contributed by atoms with van der Waals surface area (Å²) in [6, 6.07) is 0. The van der Waals surface area contributed by atoms with E-state index in [2.05, 4.69) is 10.6 Å². The number of nitrogens with one attached hydrogen (secondary N) is 2. The van der Waals surface area contributed by atoms with Crippen LogP contribution in [0, 0.1) is 5.92 Å². The maximum atomic E-state index is 13.4. The standard InChI is InChI=1S/C6H9FN2O/c7-6-3-8-1-4(6)2-9-5(6)10/h4,8H,1-3H2,(H,9,10)/t4-,6+/m1/s1. The minimum absolute atomic E-state index is 0.139. The second kappa shape index (κ2) is 1.69. The topological polar surface area (TPSA) is 41.1 Å². The fraction of sp³-hybridized carbons (Fsp3) is 0.833. The summed E-state index contributed by atoms with van der Waals surface area (Å²) in [5.41, 5.74) is -1.60. The molecule has 2 N–H and O–H groups in total. The van der Waals surface area contributed by atoms with Crippen molar-refractivity contribution in [1.29, 1.82) is 0 Å². The van der Waals surface area contributed by atoms with Crippen molar-refractivity contribution < 1.29 is 9.18 Å². The van der Waals surface area contributed by atoms with Crippen molar-refractivity contribution in [3.8, 4) is 0 Å². The maximum Gasteiger partial charge on any atom is 0.259 e. The van der Waals surface area contributed by atoms with Crippen LogP contribution in [0.4, 0.5) is 4.39 Å². The average molecular weight is 144 g/mol. The first-order chi connectivity index (χ1) is 4.73. The summed E-state index contributed by atoms with van der Waals surface area (Å²) < 4.78 is 13.4. The summed E-state index contributed by atoms with van der Waals surface area (Å²) in [5, 5.41) is 5.37. The highest BCUT2D eigenvalue weighted by Gasteiger charge is 2.53. The molecule has 1 amide bonds. The van der Waals surface area contributed by atoms with Crippen molar-refractivity contribution in [2.45, 2.75) is 5.67 Å². The van der Waals surface area contributed by atoms with Gasteiger partial charge in [0.2, 0.25) is 5.67 Å². The van der Waals surface area contributed by atoms with Gasteiger partial charge in [0.05, 0.1) is 0 Å². The number of rotatable bonds is 0. The summed E-state index contributed by atoms with van der Waals surface area (Å²) in [6.45, 7) is 1.29. The van der Waals surface area contributed by atoms with E-state index in [1.54, 1.807) is 0 Å². The first-order valence-corrected chi connectivity index (χ1v) is 3.41. The fourth-order valence-corrected chi connectivity index (χ4v) is 1.60. The van der Waals surface area contributed by atoms with Crippen LogP contribution < -0.4 is 10.6 Å². The van der Waals surface area contributed by atoms with Crippen LogP contribution in [0.15, 0.2) is 0 Å². The van der Waals surface area contributed by atoms with Gasteiger partial charge in [0.25, 0.3) is 5.91 Å². The molecular formula is C6H9FN2O. The van der Waals surface area contributed by atoms with Gasteiger partial charge in [0.15, 0.2) is 0 Å². The van der Waals surface area contributed by atoms with E-state index in [-0.39, 0.29) is 12.5 Å². The second-order valence-corrected chi connectivity index (χ2v) is 2.90. The molecular weight excluding hydrogens is 135 g/mol. The molecule has 3 nitrogen and oxygen atoms in total. The van der Waals surface area contributed by atoms with Crippen molar-refractivity contribution in [2.24, 2.45) is 5.92 Å². The maximum absolute atomic E-state index is 13.4. The van der Waals surface area contributed by atoms with Gasteiger partial charge in [0, 0.05) is 25.6 Å². The van der Waals surface area contributed by atoms with E-state index in [0.29, 0.717) is 13.1 Å². The number of hydrogen-bond donors (Lipinski definition) is 2. The molecule has 2 rings (SSSR count). The van der Waals surface area contributed by atoms with Crippen molar-refractivity contribution in [1.82, 2.24) is 10.6 Å². The molecule has 2 fully saturated rings. The molecule has 10 heavy (non-hydrogen) atoms. The van der Waals surface area contributed by atoms with Gasteiger partial charge in [-0.05, 0) is 0 Å². The minimum Gasteiger partial charge on any atom is -0.353 e. The smallest absolute Gasteiger partial charge is 0.259 e. The van der Waals surface area contributed by atoms with Gasteiger partial charge in [0.1, 0.15) is 0 Å². The molecule has 56 valence electrons. The normalized spacial score (nSPS) is 45.3. The Labute approximate surface area is 58.0 Å². The largest absolute Gasteiger partial charge is 0.353 e. The zero-order valence-corrected chi connectivity index (χ0v) is 5.48. The summed E-state index contributed by atoms with van der Waals surface area (Å²) in [4.78, 5) is 10.9. The number of amides is 1. The molecule has 2 atom stereocenters. The zero-order chi connectivity index (χ0) is 7.19. The van der Waals surface area contributed by atoms with E-state index < -0.39 is 11.6 Å². The summed E-state index contributed by atoms with van der Waals surface area (Å²) in [7, 11) is 0. The molecule has 0 aromatic carbocycles. The fourth-order valence-electron chi connectivity index (χ4n) is 1.60. The lowest BCUT2D eigenvalue weighted by Gasteiger charge is -2.12. The van der Waals surface area contributed by atoms with Crippen molar-refractivity contribution in [2.75, 3.05) is 19.6 Å². The lowest BCUT2D eigenvalue weighted by molar-refractivity contribution is -0.129. The highest BCUT2D eigenvalue weighted by Crippen LogP contribution is 2.30. The average Bonchev–Trinajstić information content (AvgIpc) is 2.36. The van der Waals surface area contributed by atoms with Gasteiger partial charge >= 0.3 is 0 Å². The Morgan fingerprint density at radius 2 is 2.40 bits per heavy atom. The molecule has 4 heteroatoms. The van der Waals surface area contributed by atoms with Crippen LogP contribution in [0.3, 0.4) is 0 Å². The molecule has 0 aliphatic carbocycles. The van der Waals surface area contributed by atoms with Crippen LogP contribution in [0.2, 0.25) is 0 Å². The number of fused-ring (bicyclic) bond motifs is 1. The molecule has 0 saturated carbocycles.